The largest absolute Gasteiger partial charge is 0.392 e. The molecule has 0 atom stereocenters. The van der Waals surface area contributed by atoms with E-state index in [1.54, 1.807) is 0 Å². The molecule has 1 aliphatic rings. The Morgan fingerprint density at radius 1 is 1.53 bits per heavy atom. The van der Waals surface area contributed by atoms with Gasteiger partial charge >= 0.3 is 0 Å². The lowest BCUT2D eigenvalue weighted by atomic mass is 10.2. The summed E-state index contributed by atoms with van der Waals surface area (Å²) >= 11 is 4.90. The summed E-state index contributed by atoms with van der Waals surface area (Å²) in [6, 6.07) is 6.14. The van der Waals surface area contributed by atoms with E-state index in [9.17, 15) is 4.79 Å². The zero-order valence-electron chi connectivity index (χ0n) is 9.28. The van der Waals surface area contributed by atoms with E-state index in [4.69, 9.17) is 5.11 Å². The molecule has 1 amide bonds. The fourth-order valence-corrected chi connectivity index (χ4v) is 2.79. The van der Waals surface area contributed by atoms with Gasteiger partial charge in [-0.15, -0.1) is 11.8 Å². The first-order valence-electron chi connectivity index (χ1n) is 5.50. The van der Waals surface area contributed by atoms with Gasteiger partial charge in [0, 0.05) is 15.4 Å². The molecule has 3 nitrogen and oxygen atoms in total. The molecule has 0 saturated heterocycles. The van der Waals surface area contributed by atoms with Crippen LogP contribution in [0.4, 0.5) is 0 Å². The summed E-state index contributed by atoms with van der Waals surface area (Å²) in [4.78, 5) is 12.5. The minimum atomic E-state index is 0.0215. The SMILES string of the molecule is O=C(CSc1ccc(CO)c(Br)c1)NC1CC1. The summed E-state index contributed by atoms with van der Waals surface area (Å²) in [6.07, 6.45) is 2.24. The zero-order chi connectivity index (χ0) is 12.3. The molecular formula is C12H14BrNO2S. The summed E-state index contributed by atoms with van der Waals surface area (Å²) in [6.45, 7) is 0.0215. The zero-order valence-corrected chi connectivity index (χ0v) is 11.7. The molecule has 17 heavy (non-hydrogen) atoms. The fourth-order valence-electron chi connectivity index (χ4n) is 1.39. The smallest absolute Gasteiger partial charge is 0.230 e. The van der Waals surface area contributed by atoms with Gasteiger partial charge in [-0.25, -0.2) is 0 Å². The van der Waals surface area contributed by atoms with Gasteiger partial charge in [-0.05, 0) is 30.5 Å². The topological polar surface area (TPSA) is 49.3 Å². The molecule has 0 aromatic heterocycles. The van der Waals surface area contributed by atoms with Crippen molar-refractivity contribution in [3.8, 4) is 0 Å². The number of amides is 1. The van der Waals surface area contributed by atoms with Crippen molar-refractivity contribution in [1.82, 2.24) is 5.32 Å². The Morgan fingerprint density at radius 2 is 2.29 bits per heavy atom. The van der Waals surface area contributed by atoms with Gasteiger partial charge in [0.05, 0.1) is 12.4 Å². The highest BCUT2D eigenvalue weighted by atomic mass is 79.9. The van der Waals surface area contributed by atoms with Crippen molar-refractivity contribution in [1.29, 1.82) is 0 Å². The maximum Gasteiger partial charge on any atom is 0.230 e. The van der Waals surface area contributed by atoms with E-state index in [2.05, 4.69) is 21.2 Å². The number of hydrogen-bond acceptors (Lipinski definition) is 3. The molecular weight excluding hydrogens is 302 g/mol. The predicted molar refractivity (Wildman–Crippen MR) is 72.0 cm³/mol. The summed E-state index contributed by atoms with van der Waals surface area (Å²) in [7, 11) is 0. The van der Waals surface area contributed by atoms with Crippen LogP contribution in [0.25, 0.3) is 0 Å². The van der Waals surface area contributed by atoms with E-state index in [0.717, 1.165) is 27.8 Å². The Morgan fingerprint density at radius 3 is 2.88 bits per heavy atom. The Labute approximate surface area is 113 Å². The lowest BCUT2D eigenvalue weighted by molar-refractivity contribution is -0.118. The van der Waals surface area contributed by atoms with Crippen molar-refractivity contribution >= 4 is 33.6 Å². The first kappa shape index (κ1) is 12.9. The highest BCUT2D eigenvalue weighted by Gasteiger charge is 2.22. The van der Waals surface area contributed by atoms with Crippen molar-refractivity contribution in [3.63, 3.8) is 0 Å². The predicted octanol–water partition coefficient (Wildman–Crippen LogP) is 2.31. The average molecular weight is 316 g/mol. The van der Waals surface area contributed by atoms with Crippen molar-refractivity contribution in [2.24, 2.45) is 0 Å². The quantitative estimate of drug-likeness (QED) is 0.820. The van der Waals surface area contributed by atoms with E-state index in [1.807, 2.05) is 18.2 Å². The molecule has 0 radical (unpaired) electrons. The van der Waals surface area contributed by atoms with Gasteiger partial charge in [0.1, 0.15) is 0 Å². The molecule has 1 aromatic rings. The van der Waals surface area contributed by atoms with Crippen LogP contribution >= 0.6 is 27.7 Å². The molecule has 2 rings (SSSR count). The maximum atomic E-state index is 11.5. The number of aliphatic hydroxyl groups is 1. The van der Waals surface area contributed by atoms with Crippen LogP contribution in [-0.4, -0.2) is 22.8 Å². The third-order valence-electron chi connectivity index (χ3n) is 2.51. The van der Waals surface area contributed by atoms with Crippen LogP contribution in [0.2, 0.25) is 0 Å². The Kier molecular flexibility index (Phi) is 4.48. The van der Waals surface area contributed by atoms with Crippen molar-refractivity contribution < 1.29 is 9.90 Å². The van der Waals surface area contributed by atoms with Crippen LogP contribution < -0.4 is 5.32 Å². The molecule has 1 aromatic carbocycles. The van der Waals surface area contributed by atoms with Crippen LogP contribution in [-0.2, 0) is 11.4 Å². The number of carbonyl (C=O) groups is 1. The summed E-state index contributed by atoms with van der Waals surface area (Å²) in [5, 5.41) is 12.0. The van der Waals surface area contributed by atoms with Gasteiger partial charge in [-0.1, -0.05) is 22.0 Å². The minimum Gasteiger partial charge on any atom is -0.392 e. The standard InChI is InChI=1S/C12H14BrNO2S/c13-11-5-10(4-1-8(11)6-15)17-7-12(16)14-9-2-3-9/h1,4-5,9,15H,2-3,6-7H2,(H,14,16). The maximum absolute atomic E-state index is 11.5. The normalized spacial score (nSPS) is 14.7. The Hall–Kier alpha value is -0.520. The van der Waals surface area contributed by atoms with E-state index in [1.165, 1.54) is 11.8 Å². The van der Waals surface area contributed by atoms with E-state index in [0.29, 0.717) is 11.8 Å². The molecule has 0 heterocycles. The molecule has 2 N–H and O–H groups in total. The number of aliphatic hydroxyl groups excluding tert-OH is 1. The molecule has 1 saturated carbocycles. The Bertz CT molecular complexity index is 421. The van der Waals surface area contributed by atoms with Crippen LogP contribution in [0.1, 0.15) is 18.4 Å². The number of halogens is 1. The number of rotatable bonds is 5. The lowest BCUT2D eigenvalue weighted by Gasteiger charge is -2.05. The third kappa shape index (κ3) is 4.01. The van der Waals surface area contributed by atoms with Crippen molar-refractivity contribution in [2.75, 3.05) is 5.75 Å². The molecule has 5 heteroatoms. The average Bonchev–Trinajstić information content (AvgIpc) is 3.10. The summed E-state index contributed by atoms with van der Waals surface area (Å²) in [5.74, 6) is 0.543. The third-order valence-corrected chi connectivity index (χ3v) is 4.24. The number of carbonyl (C=O) groups excluding carboxylic acids is 1. The second kappa shape index (κ2) is 5.89. The molecule has 1 fully saturated rings. The molecule has 0 aliphatic heterocycles. The molecule has 92 valence electrons. The molecule has 0 spiro atoms. The monoisotopic (exact) mass is 315 g/mol. The minimum absolute atomic E-state index is 0.0215. The highest BCUT2D eigenvalue weighted by Crippen LogP contribution is 2.25. The number of hydrogen-bond donors (Lipinski definition) is 2. The van der Waals surface area contributed by atoms with Gasteiger partial charge in [-0.2, -0.15) is 0 Å². The van der Waals surface area contributed by atoms with Crippen LogP contribution in [0, 0.1) is 0 Å². The molecule has 1 aliphatic carbocycles. The number of benzene rings is 1. The summed E-state index contributed by atoms with van der Waals surface area (Å²) < 4.78 is 0.882. The van der Waals surface area contributed by atoms with Gasteiger partial charge in [0.25, 0.3) is 0 Å². The second-order valence-corrected chi connectivity index (χ2v) is 5.94. The van der Waals surface area contributed by atoms with Crippen LogP contribution in [0.15, 0.2) is 27.6 Å². The van der Waals surface area contributed by atoms with Crippen molar-refractivity contribution in [2.45, 2.75) is 30.4 Å². The second-order valence-electron chi connectivity index (χ2n) is 4.04. The van der Waals surface area contributed by atoms with Crippen LogP contribution in [0.5, 0.6) is 0 Å². The van der Waals surface area contributed by atoms with Gasteiger partial charge in [-0.3, -0.25) is 4.79 Å². The number of thioether (sulfide) groups is 1. The fraction of sp³-hybridized carbons (Fsp3) is 0.417. The first-order valence-corrected chi connectivity index (χ1v) is 7.28. The van der Waals surface area contributed by atoms with Gasteiger partial charge in [0.15, 0.2) is 0 Å². The number of nitrogens with one attached hydrogen (secondary N) is 1. The van der Waals surface area contributed by atoms with Crippen molar-refractivity contribution in [3.05, 3.63) is 28.2 Å². The van der Waals surface area contributed by atoms with Crippen LogP contribution in [0.3, 0.4) is 0 Å². The highest BCUT2D eigenvalue weighted by molar-refractivity contribution is 9.10. The van der Waals surface area contributed by atoms with Gasteiger partial charge in [0.2, 0.25) is 5.91 Å². The van der Waals surface area contributed by atoms with E-state index < -0.39 is 0 Å². The first-order chi connectivity index (χ1) is 8.19. The molecule has 0 bridgehead atoms. The van der Waals surface area contributed by atoms with E-state index >= 15 is 0 Å². The lowest BCUT2D eigenvalue weighted by Crippen LogP contribution is -2.26. The Balaban J connectivity index is 1.85. The summed E-state index contributed by atoms with van der Waals surface area (Å²) in [5.41, 5.74) is 0.858. The molecule has 0 unspecified atom stereocenters. The van der Waals surface area contributed by atoms with Gasteiger partial charge < -0.3 is 10.4 Å². The van der Waals surface area contributed by atoms with E-state index in [-0.39, 0.29) is 12.5 Å².